The summed E-state index contributed by atoms with van der Waals surface area (Å²) in [6.07, 6.45) is 8.60. The monoisotopic (exact) mass is 231 g/mol. The van der Waals surface area contributed by atoms with E-state index in [-0.39, 0.29) is 12.0 Å². The van der Waals surface area contributed by atoms with Gasteiger partial charge < -0.3 is 9.64 Å². The van der Waals surface area contributed by atoms with Crippen LogP contribution in [-0.2, 0) is 9.53 Å². The van der Waals surface area contributed by atoms with E-state index in [1.807, 2.05) is 38.3 Å². The number of carbonyl (C=O) groups is 1. The summed E-state index contributed by atoms with van der Waals surface area (Å²) >= 11 is 0. The molecule has 0 N–H and O–H groups in total. The van der Waals surface area contributed by atoms with Crippen LogP contribution in [0.25, 0.3) is 0 Å². The summed E-state index contributed by atoms with van der Waals surface area (Å²) in [5, 5.41) is 0. The summed E-state index contributed by atoms with van der Waals surface area (Å²) in [7, 11) is 0. The second kappa shape index (κ2) is 4.62. The first-order valence-corrected chi connectivity index (χ1v) is 5.85. The largest absolute Gasteiger partial charge is 0.463 e. The van der Waals surface area contributed by atoms with Gasteiger partial charge in [-0.15, -0.1) is 6.58 Å². The Labute approximate surface area is 102 Å². The van der Waals surface area contributed by atoms with E-state index < -0.39 is 0 Å². The molecule has 3 nitrogen and oxygen atoms in total. The lowest BCUT2D eigenvalue weighted by Crippen LogP contribution is -2.23. The van der Waals surface area contributed by atoms with Gasteiger partial charge in [-0.1, -0.05) is 6.08 Å². The molecule has 0 bridgehead atoms. The first kappa shape index (κ1) is 11.7. The predicted octanol–water partition coefficient (Wildman–Crippen LogP) is 2.54. The summed E-state index contributed by atoms with van der Waals surface area (Å²) in [4.78, 5) is 13.9. The van der Waals surface area contributed by atoms with Crippen LogP contribution in [0.5, 0.6) is 0 Å². The third-order valence-electron chi connectivity index (χ3n) is 3.01. The number of rotatable bonds is 3. The zero-order valence-corrected chi connectivity index (χ0v) is 10.3. The van der Waals surface area contributed by atoms with Crippen LogP contribution in [-0.4, -0.2) is 23.5 Å². The Kier molecular flexibility index (Phi) is 3.18. The zero-order chi connectivity index (χ0) is 12.4. The average molecular weight is 231 g/mol. The smallest absolute Gasteiger partial charge is 0.336 e. The van der Waals surface area contributed by atoms with Crippen LogP contribution < -0.4 is 0 Å². The van der Waals surface area contributed by atoms with Gasteiger partial charge in [0.1, 0.15) is 0 Å². The third kappa shape index (κ3) is 2.05. The molecule has 90 valence electrons. The van der Waals surface area contributed by atoms with Crippen molar-refractivity contribution in [3.63, 3.8) is 0 Å². The van der Waals surface area contributed by atoms with E-state index >= 15 is 0 Å². The Hall–Kier alpha value is -1.77. The lowest BCUT2D eigenvalue weighted by atomic mass is 10.1. The van der Waals surface area contributed by atoms with Gasteiger partial charge in [-0.25, -0.2) is 4.79 Å². The number of carbonyl (C=O) groups excluding carboxylic acids is 1. The lowest BCUT2D eigenvalue weighted by Gasteiger charge is -2.25. The van der Waals surface area contributed by atoms with E-state index in [0.29, 0.717) is 13.0 Å². The molecule has 0 unspecified atom stereocenters. The number of nitrogens with zero attached hydrogens (tertiary/aromatic N) is 1. The van der Waals surface area contributed by atoms with Crippen LogP contribution in [0.4, 0.5) is 0 Å². The molecule has 0 aromatic carbocycles. The van der Waals surface area contributed by atoms with Gasteiger partial charge in [0.25, 0.3) is 0 Å². The van der Waals surface area contributed by atoms with Gasteiger partial charge in [0.2, 0.25) is 0 Å². The second-order valence-corrected chi connectivity index (χ2v) is 4.20. The molecule has 0 fully saturated rings. The van der Waals surface area contributed by atoms with Crippen molar-refractivity contribution in [2.24, 2.45) is 0 Å². The quantitative estimate of drug-likeness (QED) is 0.552. The van der Waals surface area contributed by atoms with Crippen molar-refractivity contribution < 1.29 is 9.53 Å². The van der Waals surface area contributed by atoms with Crippen molar-refractivity contribution >= 4 is 5.97 Å². The molecule has 2 aliphatic heterocycles. The summed E-state index contributed by atoms with van der Waals surface area (Å²) < 4.78 is 5.09. The Morgan fingerprint density at radius 2 is 2.47 bits per heavy atom. The van der Waals surface area contributed by atoms with E-state index in [4.69, 9.17) is 4.74 Å². The highest BCUT2D eigenvalue weighted by Crippen LogP contribution is 2.34. The fourth-order valence-electron chi connectivity index (χ4n) is 2.16. The molecule has 2 heterocycles. The maximum absolute atomic E-state index is 11.9. The van der Waals surface area contributed by atoms with E-state index in [9.17, 15) is 4.79 Å². The molecule has 2 rings (SSSR count). The Morgan fingerprint density at radius 1 is 1.71 bits per heavy atom. The van der Waals surface area contributed by atoms with Gasteiger partial charge in [0, 0.05) is 12.6 Å². The van der Waals surface area contributed by atoms with Crippen LogP contribution in [0.15, 0.2) is 47.9 Å². The number of ether oxygens (including phenoxy) is 1. The lowest BCUT2D eigenvalue weighted by molar-refractivity contribution is -0.138. The van der Waals surface area contributed by atoms with Crippen LogP contribution in [0.1, 0.15) is 20.3 Å². The molecule has 0 spiro atoms. The fourth-order valence-corrected chi connectivity index (χ4v) is 2.16. The van der Waals surface area contributed by atoms with Crippen LogP contribution >= 0.6 is 0 Å². The maximum Gasteiger partial charge on any atom is 0.336 e. The van der Waals surface area contributed by atoms with Crippen molar-refractivity contribution in [3.05, 3.63) is 47.9 Å². The minimum absolute atomic E-state index is 0.157. The molecule has 0 radical (unpaired) electrons. The highest BCUT2D eigenvalue weighted by Gasteiger charge is 2.32. The van der Waals surface area contributed by atoms with Gasteiger partial charge in [-0.05, 0) is 31.6 Å². The number of hydrogen-bond donors (Lipinski definition) is 0. The molecule has 0 aliphatic carbocycles. The average Bonchev–Trinajstić information content (AvgIpc) is 2.67. The Bertz CT molecular complexity index is 443. The second-order valence-electron chi connectivity index (χ2n) is 4.20. The minimum Gasteiger partial charge on any atom is -0.463 e. The Morgan fingerprint density at radius 3 is 3.12 bits per heavy atom. The van der Waals surface area contributed by atoms with Gasteiger partial charge in [-0.2, -0.15) is 0 Å². The molecule has 2 aliphatic rings. The SMILES string of the molecule is C=C[C@H]1CC(C(=O)OCC)=C2C=C(C)C=CN21. The molecule has 0 aromatic rings. The molecular weight excluding hydrogens is 214 g/mol. The highest BCUT2D eigenvalue weighted by atomic mass is 16.5. The van der Waals surface area contributed by atoms with E-state index in [1.165, 1.54) is 0 Å². The molecule has 0 saturated heterocycles. The van der Waals surface area contributed by atoms with Gasteiger partial charge >= 0.3 is 5.97 Å². The molecule has 0 amide bonds. The molecule has 0 aromatic heterocycles. The van der Waals surface area contributed by atoms with Crippen molar-refractivity contribution in [1.82, 2.24) is 4.90 Å². The van der Waals surface area contributed by atoms with Gasteiger partial charge in [0.05, 0.1) is 23.9 Å². The standard InChI is InChI=1S/C14H17NO2/c1-4-11-9-12(14(16)17-5-2)13-8-10(3)6-7-15(11)13/h4,6-8,11H,1,5,9H2,2-3H3/t11-/m0/s1. The third-order valence-corrected chi connectivity index (χ3v) is 3.01. The molecule has 17 heavy (non-hydrogen) atoms. The van der Waals surface area contributed by atoms with Crippen LogP contribution in [0.3, 0.4) is 0 Å². The fraction of sp³-hybridized carbons (Fsp3) is 0.357. The minimum atomic E-state index is -0.212. The zero-order valence-electron chi connectivity index (χ0n) is 10.3. The number of esters is 1. The van der Waals surface area contributed by atoms with Crippen molar-refractivity contribution in [3.8, 4) is 0 Å². The molecule has 0 saturated carbocycles. The normalized spacial score (nSPS) is 22.4. The van der Waals surface area contributed by atoms with Crippen LogP contribution in [0, 0.1) is 0 Å². The number of allylic oxidation sites excluding steroid dienone is 3. The van der Waals surface area contributed by atoms with Gasteiger partial charge in [-0.3, -0.25) is 0 Å². The van der Waals surface area contributed by atoms with Gasteiger partial charge in [0.15, 0.2) is 0 Å². The first-order valence-electron chi connectivity index (χ1n) is 5.85. The number of fused-ring (bicyclic) bond motifs is 1. The molecular formula is C14H17NO2. The first-order chi connectivity index (χ1) is 8.17. The van der Waals surface area contributed by atoms with E-state index in [1.54, 1.807) is 0 Å². The van der Waals surface area contributed by atoms with E-state index in [0.717, 1.165) is 16.8 Å². The Balaban J connectivity index is 2.36. The predicted molar refractivity (Wildman–Crippen MR) is 67.0 cm³/mol. The topological polar surface area (TPSA) is 29.5 Å². The van der Waals surface area contributed by atoms with Crippen LogP contribution in [0.2, 0.25) is 0 Å². The maximum atomic E-state index is 11.9. The van der Waals surface area contributed by atoms with Crippen molar-refractivity contribution in [1.29, 1.82) is 0 Å². The summed E-state index contributed by atoms with van der Waals surface area (Å²) in [6, 6.07) is 0.157. The molecule has 1 atom stereocenters. The summed E-state index contributed by atoms with van der Waals surface area (Å²) in [6.45, 7) is 8.07. The molecule has 3 heteroatoms. The van der Waals surface area contributed by atoms with E-state index in [2.05, 4.69) is 11.5 Å². The van der Waals surface area contributed by atoms with Crippen molar-refractivity contribution in [2.45, 2.75) is 26.3 Å². The summed E-state index contributed by atoms with van der Waals surface area (Å²) in [5.41, 5.74) is 2.84. The summed E-state index contributed by atoms with van der Waals surface area (Å²) in [5.74, 6) is -0.212. The highest BCUT2D eigenvalue weighted by molar-refractivity contribution is 5.91. The number of hydrogen-bond acceptors (Lipinski definition) is 3. The van der Waals surface area contributed by atoms with Crippen molar-refractivity contribution in [2.75, 3.05) is 6.61 Å².